The number of ether oxygens (including phenoxy) is 1. The number of benzene rings is 4. The van der Waals surface area contributed by atoms with Gasteiger partial charge in [0.2, 0.25) is 11.8 Å². The van der Waals surface area contributed by atoms with Crippen molar-refractivity contribution in [2.24, 2.45) is 5.92 Å². The van der Waals surface area contributed by atoms with Crippen LogP contribution in [-0.4, -0.2) is 34.6 Å². The number of thioether (sulfide) groups is 1. The molecule has 214 valence electrons. The number of nitrogens with zero attached hydrogens (tertiary/aromatic N) is 1. The molecule has 0 bridgehead atoms. The number of hydrogen-bond donors (Lipinski definition) is 2. The van der Waals surface area contributed by atoms with Gasteiger partial charge in [0, 0.05) is 21.0 Å². The summed E-state index contributed by atoms with van der Waals surface area (Å²) in [5.41, 5.74) is 1.97. The molecule has 0 saturated carbocycles. The number of hydrogen-bond acceptors (Lipinski definition) is 7. The third-order valence-corrected chi connectivity index (χ3v) is 10.5. The van der Waals surface area contributed by atoms with Crippen LogP contribution in [0, 0.1) is 5.92 Å². The van der Waals surface area contributed by atoms with Gasteiger partial charge in [-0.05, 0) is 64.9 Å². The van der Waals surface area contributed by atoms with E-state index in [1.165, 1.54) is 16.7 Å². The van der Waals surface area contributed by atoms with Gasteiger partial charge >= 0.3 is 4.87 Å². The molecule has 0 spiro atoms. The van der Waals surface area contributed by atoms with Crippen molar-refractivity contribution in [2.45, 2.75) is 16.2 Å². The molecule has 2 aliphatic heterocycles. The molecule has 5 aromatic rings. The van der Waals surface area contributed by atoms with Crippen molar-refractivity contribution in [3.63, 3.8) is 0 Å². The molecule has 8 nitrogen and oxygen atoms in total. The van der Waals surface area contributed by atoms with E-state index in [-0.39, 0.29) is 29.2 Å². The number of halogens is 1. The van der Waals surface area contributed by atoms with Gasteiger partial charge in [0.1, 0.15) is 11.0 Å². The van der Waals surface area contributed by atoms with Gasteiger partial charge < -0.3 is 15.0 Å². The van der Waals surface area contributed by atoms with Crippen LogP contribution < -0.4 is 19.8 Å². The Hall–Kier alpha value is -4.19. The molecule has 1 aromatic heterocycles. The van der Waals surface area contributed by atoms with E-state index in [0.717, 1.165) is 37.0 Å². The van der Waals surface area contributed by atoms with Crippen molar-refractivity contribution in [1.29, 1.82) is 0 Å². The lowest BCUT2D eigenvalue weighted by Crippen LogP contribution is -2.32. The van der Waals surface area contributed by atoms with Crippen LogP contribution in [0.5, 0.6) is 5.75 Å². The number of aromatic nitrogens is 1. The van der Waals surface area contributed by atoms with Crippen LogP contribution in [-0.2, 0) is 14.4 Å². The maximum Gasteiger partial charge on any atom is 0.305 e. The van der Waals surface area contributed by atoms with E-state index in [9.17, 15) is 19.2 Å². The van der Waals surface area contributed by atoms with Gasteiger partial charge in [0.15, 0.2) is 6.61 Å². The number of carbonyl (C=O) groups is 3. The quantitative estimate of drug-likeness (QED) is 0.209. The lowest BCUT2D eigenvalue weighted by molar-refractivity contribution is -0.122. The molecule has 4 aromatic carbocycles. The summed E-state index contributed by atoms with van der Waals surface area (Å²) in [6.45, 7) is -0.185. The molecule has 1 fully saturated rings. The van der Waals surface area contributed by atoms with Gasteiger partial charge in [-0.3, -0.25) is 19.2 Å². The highest BCUT2D eigenvalue weighted by molar-refractivity contribution is 9.10. The van der Waals surface area contributed by atoms with Crippen molar-refractivity contribution >= 4 is 78.9 Å². The van der Waals surface area contributed by atoms with Crippen LogP contribution >= 0.6 is 39.0 Å². The smallest absolute Gasteiger partial charge is 0.305 e. The summed E-state index contributed by atoms with van der Waals surface area (Å²) in [6, 6.07) is 27.8. The Morgan fingerprint density at radius 2 is 1.65 bits per heavy atom. The number of H-pyrrole nitrogens is 1. The van der Waals surface area contributed by atoms with Crippen LogP contribution in [0.15, 0.2) is 105 Å². The minimum absolute atomic E-state index is 0.185. The number of carbonyl (C=O) groups excluding carboxylic acids is 3. The first-order chi connectivity index (χ1) is 20.9. The zero-order valence-electron chi connectivity index (χ0n) is 22.3. The van der Waals surface area contributed by atoms with Crippen LogP contribution in [0.1, 0.15) is 16.4 Å². The fraction of sp³-hybridized carbons (Fsp3) is 0.125. The summed E-state index contributed by atoms with van der Waals surface area (Å²) in [7, 11) is 0. The Balaban J connectivity index is 1.10. The number of thiazole rings is 1. The predicted octanol–water partition coefficient (Wildman–Crippen LogP) is 6.17. The van der Waals surface area contributed by atoms with Gasteiger partial charge in [0.05, 0.1) is 16.6 Å². The summed E-state index contributed by atoms with van der Waals surface area (Å²) in [5, 5.41) is 4.92. The lowest BCUT2D eigenvalue weighted by atomic mass is 9.83. The minimum atomic E-state index is -0.681. The molecular formula is C32H22BrN3O5S2. The van der Waals surface area contributed by atoms with E-state index >= 15 is 0 Å². The molecule has 2 unspecified atom stereocenters. The van der Waals surface area contributed by atoms with Crippen molar-refractivity contribution in [3.8, 4) is 5.75 Å². The monoisotopic (exact) mass is 671 g/mol. The third-order valence-electron chi connectivity index (χ3n) is 7.55. The first kappa shape index (κ1) is 27.6. The predicted molar refractivity (Wildman–Crippen MR) is 171 cm³/mol. The van der Waals surface area contributed by atoms with Gasteiger partial charge in [-0.15, -0.1) is 0 Å². The summed E-state index contributed by atoms with van der Waals surface area (Å²) >= 11 is 5.70. The fourth-order valence-corrected chi connectivity index (χ4v) is 8.38. The second-order valence-corrected chi connectivity index (χ2v) is 13.3. The largest absolute Gasteiger partial charge is 0.484 e. The average Bonchev–Trinajstić information content (AvgIpc) is 3.51. The highest BCUT2D eigenvalue weighted by Gasteiger charge is 2.56. The van der Waals surface area contributed by atoms with Crippen molar-refractivity contribution in [3.05, 3.63) is 116 Å². The summed E-state index contributed by atoms with van der Waals surface area (Å²) in [4.78, 5) is 56.9. The van der Waals surface area contributed by atoms with E-state index in [0.29, 0.717) is 22.2 Å². The SMILES string of the molecule is O=C(COc1ccc([C@H]2c3sc(=O)[nH]c3SC3C(=O)N(c4ccc(Br)cc4)C(=O)C32)cc1)Nc1ccc2ccccc2c1. The van der Waals surface area contributed by atoms with Crippen molar-refractivity contribution in [1.82, 2.24) is 4.98 Å². The Morgan fingerprint density at radius 3 is 2.42 bits per heavy atom. The number of amides is 3. The molecule has 11 heteroatoms. The summed E-state index contributed by atoms with van der Waals surface area (Å²) in [6.07, 6.45) is 0. The van der Waals surface area contributed by atoms with Crippen molar-refractivity contribution < 1.29 is 19.1 Å². The van der Waals surface area contributed by atoms with Gasteiger partial charge in [0.25, 0.3) is 5.91 Å². The van der Waals surface area contributed by atoms with E-state index in [2.05, 4.69) is 26.2 Å². The zero-order valence-corrected chi connectivity index (χ0v) is 25.5. The van der Waals surface area contributed by atoms with Gasteiger partial charge in [-0.25, -0.2) is 4.90 Å². The van der Waals surface area contributed by atoms with Gasteiger partial charge in [-0.2, -0.15) is 0 Å². The Bertz CT molecular complexity index is 1950. The van der Waals surface area contributed by atoms with E-state index < -0.39 is 17.1 Å². The normalized spacial score (nSPS) is 19.3. The zero-order chi connectivity index (χ0) is 29.7. The lowest BCUT2D eigenvalue weighted by Gasteiger charge is -2.29. The number of nitrogens with one attached hydrogen (secondary N) is 2. The maximum atomic E-state index is 13.8. The molecule has 43 heavy (non-hydrogen) atoms. The third kappa shape index (κ3) is 5.17. The van der Waals surface area contributed by atoms with Crippen LogP contribution in [0.25, 0.3) is 10.8 Å². The van der Waals surface area contributed by atoms with Crippen LogP contribution in [0.4, 0.5) is 11.4 Å². The molecule has 3 heterocycles. The molecule has 0 radical (unpaired) electrons. The first-order valence-electron chi connectivity index (χ1n) is 13.4. The topological polar surface area (TPSA) is 109 Å². The highest BCUT2D eigenvalue weighted by Crippen LogP contribution is 2.53. The standard InChI is InChI=1S/C32H22BrN3O5S2/c33-20-8-11-22(12-9-20)36-30(38)26-25(27-29(35-32(40)43-27)42-28(26)31(36)39)18-6-13-23(14-7-18)41-16-24(37)34-21-10-5-17-3-1-2-4-19(17)15-21/h1-15,25-26,28H,16H2,(H,34,37)(H,35,40)/t25-,26?,28?/m1/s1. The number of rotatable bonds is 6. The van der Waals surface area contributed by atoms with E-state index in [1.54, 1.807) is 36.4 Å². The van der Waals surface area contributed by atoms with Crippen molar-refractivity contribution in [2.75, 3.05) is 16.8 Å². The molecule has 3 atom stereocenters. The molecule has 0 aliphatic carbocycles. The number of fused-ring (bicyclic) bond motifs is 3. The molecule has 2 N–H and O–H groups in total. The Morgan fingerprint density at radius 1 is 0.907 bits per heavy atom. The second kappa shape index (κ2) is 11.1. The van der Waals surface area contributed by atoms with E-state index in [1.807, 2.05) is 54.6 Å². The summed E-state index contributed by atoms with van der Waals surface area (Å²) in [5.74, 6) is -1.59. The minimum Gasteiger partial charge on any atom is -0.484 e. The Labute approximate surface area is 262 Å². The highest BCUT2D eigenvalue weighted by atomic mass is 79.9. The average molecular weight is 673 g/mol. The first-order valence-corrected chi connectivity index (χ1v) is 15.9. The maximum absolute atomic E-state index is 13.8. The number of aromatic amines is 1. The fourth-order valence-electron chi connectivity index (χ4n) is 5.61. The number of anilines is 2. The number of imide groups is 1. The van der Waals surface area contributed by atoms with Crippen LogP contribution in [0.2, 0.25) is 0 Å². The second-order valence-electron chi connectivity index (χ2n) is 10.2. The molecule has 3 amide bonds. The Kier molecular flexibility index (Phi) is 7.16. The molecule has 7 rings (SSSR count). The molecular weight excluding hydrogens is 650 g/mol. The molecule has 1 saturated heterocycles. The molecule has 2 aliphatic rings. The van der Waals surface area contributed by atoms with Crippen LogP contribution in [0.3, 0.4) is 0 Å². The summed E-state index contributed by atoms with van der Waals surface area (Å²) < 4.78 is 6.59. The van der Waals surface area contributed by atoms with E-state index in [4.69, 9.17) is 4.74 Å². The van der Waals surface area contributed by atoms with Gasteiger partial charge in [-0.1, -0.05) is 81.5 Å².